The minimum atomic E-state index is 0. The van der Waals surface area contributed by atoms with Crippen molar-refractivity contribution < 1.29 is 14.2 Å². The zero-order chi connectivity index (χ0) is 17.5. The number of hydrogen-bond donors (Lipinski definition) is 2. The van der Waals surface area contributed by atoms with Crippen molar-refractivity contribution in [1.82, 2.24) is 4.98 Å². The van der Waals surface area contributed by atoms with E-state index in [1.807, 2.05) is 36.4 Å². The SMILES string of the molecule is COc1cccc(NC(N)=NCc2ccnc(OC3CCOC3)c2)c1.I. The van der Waals surface area contributed by atoms with Crippen molar-refractivity contribution in [1.29, 1.82) is 0 Å². The van der Waals surface area contributed by atoms with E-state index in [1.165, 1.54) is 0 Å². The van der Waals surface area contributed by atoms with Crippen LogP contribution in [-0.4, -0.2) is 37.4 Å². The lowest BCUT2D eigenvalue weighted by Crippen LogP contribution is -2.22. The van der Waals surface area contributed by atoms with Crippen LogP contribution in [0.5, 0.6) is 11.6 Å². The van der Waals surface area contributed by atoms with Crippen LogP contribution in [0, 0.1) is 0 Å². The van der Waals surface area contributed by atoms with Gasteiger partial charge < -0.3 is 25.3 Å². The minimum absolute atomic E-state index is 0. The predicted octanol–water partition coefficient (Wildman–Crippen LogP) is 2.80. The highest BCUT2D eigenvalue weighted by atomic mass is 127. The van der Waals surface area contributed by atoms with Crippen molar-refractivity contribution in [3.05, 3.63) is 48.2 Å². The Hall–Kier alpha value is -2.07. The summed E-state index contributed by atoms with van der Waals surface area (Å²) < 4.78 is 16.3. The molecule has 1 atom stereocenters. The number of nitrogens with one attached hydrogen (secondary N) is 1. The molecule has 1 saturated heterocycles. The van der Waals surface area contributed by atoms with Gasteiger partial charge in [0, 0.05) is 30.4 Å². The van der Waals surface area contributed by atoms with Crippen molar-refractivity contribution in [3.63, 3.8) is 0 Å². The molecule has 0 radical (unpaired) electrons. The molecule has 2 aromatic rings. The normalized spacial score (nSPS) is 16.7. The Kier molecular flexibility index (Phi) is 7.92. The van der Waals surface area contributed by atoms with E-state index in [-0.39, 0.29) is 30.1 Å². The van der Waals surface area contributed by atoms with Gasteiger partial charge in [0.15, 0.2) is 5.96 Å². The number of ether oxygens (including phenoxy) is 3. The highest BCUT2D eigenvalue weighted by Crippen LogP contribution is 2.17. The van der Waals surface area contributed by atoms with E-state index in [0.29, 0.717) is 25.0 Å². The number of aromatic nitrogens is 1. The predicted molar refractivity (Wildman–Crippen MR) is 111 cm³/mol. The molecule has 3 rings (SSSR count). The van der Waals surface area contributed by atoms with Crippen molar-refractivity contribution in [2.75, 3.05) is 25.6 Å². The molecule has 8 heteroatoms. The van der Waals surface area contributed by atoms with Gasteiger partial charge in [0.1, 0.15) is 11.9 Å². The first-order valence-electron chi connectivity index (χ1n) is 8.13. The van der Waals surface area contributed by atoms with E-state index in [4.69, 9.17) is 19.9 Å². The molecule has 1 aromatic carbocycles. The molecule has 2 heterocycles. The number of guanidine groups is 1. The summed E-state index contributed by atoms with van der Waals surface area (Å²) in [6, 6.07) is 11.3. The van der Waals surface area contributed by atoms with Crippen LogP contribution in [0.4, 0.5) is 5.69 Å². The maximum atomic E-state index is 5.95. The third-order valence-corrected chi connectivity index (χ3v) is 3.75. The van der Waals surface area contributed by atoms with Crippen LogP contribution >= 0.6 is 24.0 Å². The Morgan fingerprint density at radius 1 is 1.38 bits per heavy atom. The summed E-state index contributed by atoms with van der Waals surface area (Å²) in [7, 11) is 1.62. The maximum absolute atomic E-state index is 5.95. The van der Waals surface area contributed by atoms with Gasteiger partial charge in [-0.3, -0.25) is 0 Å². The Bertz CT molecular complexity index is 736. The Balaban J connectivity index is 0.00000243. The minimum Gasteiger partial charge on any atom is -0.497 e. The second kappa shape index (κ2) is 10.2. The molecule has 0 bridgehead atoms. The molecule has 1 aromatic heterocycles. The quantitative estimate of drug-likeness (QED) is 0.384. The molecule has 0 saturated carbocycles. The smallest absolute Gasteiger partial charge is 0.213 e. The van der Waals surface area contributed by atoms with E-state index in [9.17, 15) is 0 Å². The molecule has 140 valence electrons. The molecular formula is C18H23IN4O3. The van der Waals surface area contributed by atoms with Gasteiger partial charge in [0.25, 0.3) is 0 Å². The molecule has 0 amide bonds. The van der Waals surface area contributed by atoms with Crippen LogP contribution in [0.15, 0.2) is 47.6 Å². The summed E-state index contributed by atoms with van der Waals surface area (Å²) in [6.45, 7) is 1.78. The molecule has 1 fully saturated rings. The monoisotopic (exact) mass is 470 g/mol. The zero-order valence-corrected chi connectivity index (χ0v) is 16.9. The molecule has 3 N–H and O–H groups in total. The van der Waals surface area contributed by atoms with Crippen LogP contribution in [0.3, 0.4) is 0 Å². The number of halogens is 1. The third kappa shape index (κ3) is 6.03. The molecule has 0 aliphatic carbocycles. The highest BCUT2D eigenvalue weighted by Gasteiger charge is 2.17. The van der Waals surface area contributed by atoms with Crippen LogP contribution in [0.25, 0.3) is 0 Å². The number of methoxy groups -OCH3 is 1. The number of pyridine rings is 1. The van der Waals surface area contributed by atoms with E-state index in [2.05, 4.69) is 15.3 Å². The number of nitrogens with zero attached hydrogens (tertiary/aromatic N) is 2. The number of hydrogen-bond acceptors (Lipinski definition) is 5. The fourth-order valence-electron chi connectivity index (χ4n) is 2.45. The largest absolute Gasteiger partial charge is 0.497 e. The molecule has 1 unspecified atom stereocenters. The Morgan fingerprint density at radius 2 is 2.27 bits per heavy atom. The van der Waals surface area contributed by atoms with Gasteiger partial charge in [-0.1, -0.05) is 6.07 Å². The molecule has 7 nitrogen and oxygen atoms in total. The van der Waals surface area contributed by atoms with Gasteiger partial charge in [-0.05, 0) is 23.8 Å². The van der Waals surface area contributed by atoms with E-state index >= 15 is 0 Å². The summed E-state index contributed by atoms with van der Waals surface area (Å²) in [4.78, 5) is 8.58. The summed E-state index contributed by atoms with van der Waals surface area (Å²) in [5, 5.41) is 3.04. The van der Waals surface area contributed by atoms with Gasteiger partial charge in [-0.2, -0.15) is 0 Å². The highest BCUT2D eigenvalue weighted by molar-refractivity contribution is 14.0. The van der Waals surface area contributed by atoms with Crippen LogP contribution in [-0.2, 0) is 11.3 Å². The zero-order valence-electron chi connectivity index (χ0n) is 14.6. The van der Waals surface area contributed by atoms with Crippen molar-refractivity contribution in [2.24, 2.45) is 10.7 Å². The van der Waals surface area contributed by atoms with Gasteiger partial charge in [-0.25, -0.2) is 9.98 Å². The fraction of sp³-hybridized carbons (Fsp3) is 0.333. The molecule has 1 aliphatic heterocycles. The first kappa shape index (κ1) is 20.2. The number of aliphatic imine (C=N–C) groups is 1. The number of rotatable bonds is 6. The Morgan fingerprint density at radius 3 is 3.04 bits per heavy atom. The lowest BCUT2D eigenvalue weighted by molar-refractivity contribution is 0.138. The third-order valence-electron chi connectivity index (χ3n) is 3.75. The van der Waals surface area contributed by atoms with Crippen LogP contribution < -0.4 is 20.5 Å². The van der Waals surface area contributed by atoms with Crippen molar-refractivity contribution in [2.45, 2.75) is 19.1 Å². The topological polar surface area (TPSA) is 91.0 Å². The van der Waals surface area contributed by atoms with E-state index in [0.717, 1.165) is 30.0 Å². The van der Waals surface area contributed by atoms with E-state index < -0.39 is 0 Å². The fourth-order valence-corrected chi connectivity index (χ4v) is 2.45. The van der Waals surface area contributed by atoms with Gasteiger partial charge in [-0.15, -0.1) is 24.0 Å². The average molecular weight is 470 g/mol. The summed E-state index contributed by atoms with van der Waals surface area (Å²) in [6.07, 6.45) is 2.68. The first-order chi connectivity index (χ1) is 12.2. The first-order valence-corrected chi connectivity index (χ1v) is 8.13. The molecule has 0 spiro atoms. The number of nitrogens with two attached hydrogens (primary N) is 1. The van der Waals surface area contributed by atoms with Crippen LogP contribution in [0.2, 0.25) is 0 Å². The number of benzene rings is 1. The lowest BCUT2D eigenvalue weighted by atomic mass is 10.2. The van der Waals surface area contributed by atoms with Crippen molar-refractivity contribution >= 4 is 35.6 Å². The summed E-state index contributed by atoms with van der Waals surface area (Å²) in [5.74, 6) is 1.67. The van der Waals surface area contributed by atoms with E-state index in [1.54, 1.807) is 13.3 Å². The second-order valence-electron chi connectivity index (χ2n) is 5.66. The maximum Gasteiger partial charge on any atom is 0.213 e. The molecular weight excluding hydrogens is 447 g/mol. The van der Waals surface area contributed by atoms with Gasteiger partial charge >= 0.3 is 0 Å². The summed E-state index contributed by atoms with van der Waals surface area (Å²) in [5.41, 5.74) is 7.74. The van der Waals surface area contributed by atoms with Gasteiger partial charge in [0.2, 0.25) is 5.88 Å². The average Bonchev–Trinajstić information content (AvgIpc) is 3.13. The summed E-state index contributed by atoms with van der Waals surface area (Å²) >= 11 is 0. The van der Waals surface area contributed by atoms with Crippen molar-refractivity contribution in [3.8, 4) is 11.6 Å². The molecule has 1 aliphatic rings. The number of anilines is 1. The second-order valence-corrected chi connectivity index (χ2v) is 5.66. The van der Waals surface area contributed by atoms with Crippen LogP contribution in [0.1, 0.15) is 12.0 Å². The van der Waals surface area contributed by atoms with Gasteiger partial charge in [0.05, 0.1) is 26.9 Å². The lowest BCUT2D eigenvalue weighted by Gasteiger charge is -2.11. The Labute approximate surface area is 170 Å². The molecule has 26 heavy (non-hydrogen) atoms. The standard InChI is InChI=1S/C18H22N4O3.HI/c1-23-15-4-2-3-14(10-15)22-18(19)21-11-13-5-7-20-17(9-13)25-16-6-8-24-12-16;/h2-5,7,9-10,16H,6,8,11-12H2,1H3,(H3,19,21,22);1H.